The van der Waals surface area contributed by atoms with Crippen molar-refractivity contribution in [3.05, 3.63) is 28.7 Å². The number of fused-ring (bicyclic) bond motifs is 1. The number of anilines is 1. The number of carbonyl (C=O) groups is 1. The molecule has 0 fully saturated rings. The van der Waals surface area contributed by atoms with E-state index in [0.717, 1.165) is 4.57 Å². The average molecular weight is 221 g/mol. The minimum atomic E-state index is -0.704. The average Bonchev–Trinajstić information content (AvgIpc) is 2.53. The second-order valence-electron chi connectivity index (χ2n) is 3.24. The van der Waals surface area contributed by atoms with E-state index in [-0.39, 0.29) is 6.61 Å². The summed E-state index contributed by atoms with van der Waals surface area (Å²) >= 11 is 0. The quantitative estimate of drug-likeness (QED) is 0.700. The Kier molecular flexibility index (Phi) is 2.40. The summed E-state index contributed by atoms with van der Waals surface area (Å²) in [6.07, 6.45) is -0.704. The summed E-state index contributed by atoms with van der Waals surface area (Å²) in [5, 5.41) is 0. The van der Waals surface area contributed by atoms with E-state index < -0.39 is 11.8 Å². The Morgan fingerprint density at radius 1 is 1.56 bits per heavy atom. The van der Waals surface area contributed by atoms with E-state index in [0.29, 0.717) is 16.7 Å². The number of benzene rings is 1. The summed E-state index contributed by atoms with van der Waals surface area (Å²) in [4.78, 5) is 25.6. The van der Waals surface area contributed by atoms with Gasteiger partial charge in [-0.2, -0.15) is 4.57 Å². The minimum Gasteiger partial charge on any atom is -0.449 e. The van der Waals surface area contributed by atoms with Crippen molar-refractivity contribution in [2.45, 2.75) is 6.92 Å². The third kappa shape index (κ3) is 1.54. The molecule has 0 aliphatic rings. The van der Waals surface area contributed by atoms with Crippen molar-refractivity contribution in [2.24, 2.45) is 0 Å². The SMILES string of the molecule is CCOC(=O)n1c(=O)[nH]c2ccc(N)cc21. The third-order valence-electron chi connectivity index (χ3n) is 2.16. The van der Waals surface area contributed by atoms with Gasteiger partial charge in [-0.25, -0.2) is 9.59 Å². The van der Waals surface area contributed by atoms with Crippen LogP contribution in [-0.2, 0) is 4.74 Å². The van der Waals surface area contributed by atoms with Gasteiger partial charge in [-0.1, -0.05) is 0 Å². The number of ether oxygens (including phenoxy) is 1. The lowest BCUT2D eigenvalue weighted by molar-refractivity contribution is 0.154. The number of hydrogen-bond donors (Lipinski definition) is 2. The van der Waals surface area contributed by atoms with Crippen LogP contribution in [0.15, 0.2) is 23.0 Å². The molecular weight excluding hydrogens is 210 g/mol. The predicted octanol–water partition coefficient (Wildman–Crippen LogP) is 0.916. The largest absolute Gasteiger partial charge is 0.449 e. The fourth-order valence-electron chi connectivity index (χ4n) is 1.49. The summed E-state index contributed by atoms with van der Waals surface area (Å²) in [5.74, 6) is 0. The van der Waals surface area contributed by atoms with Crippen LogP contribution in [0.2, 0.25) is 0 Å². The van der Waals surface area contributed by atoms with Gasteiger partial charge in [0.2, 0.25) is 0 Å². The normalized spacial score (nSPS) is 10.6. The fraction of sp³-hybridized carbons (Fsp3) is 0.200. The Morgan fingerprint density at radius 2 is 2.31 bits per heavy atom. The highest BCUT2D eigenvalue weighted by molar-refractivity contribution is 5.88. The molecule has 0 saturated heterocycles. The maximum absolute atomic E-state index is 11.5. The molecule has 1 aromatic carbocycles. The highest BCUT2D eigenvalue weighted by Gasteiger charge is 2.14. The number of carbonyl (C=O) groups excluding carboxylic acids is 1. The summed E-state index contributed by atoms with van der Waals surface area (Å²) in [7, 11) is 0. The van der Waals surface area contributed by atoms with Crippen molar-refractivity contribution in [2.75, 3.05) is 12.3 Å². The molecule has 2 rings (SSSR count). The molecule has 1 heterocycles. The molecule has 0 aliphatic heterocycles. The summed E-state index contributed by atoms with van der Waals surface area (Å²) < 4.78 is 5.70. The zero-order valence-corrected chi connectivity index (χ0v) is 8.69. The number of nitrogens with zero attached hydrogens (tertiary/aromatic N) is 1. The lowest BCUT2D eigenvalue weighted by Gasteiger charge is -2.02. The number of rotatable bonds is 1. The summed E-state index contributed by atoms with van der Waals surface area (Å²) in [5.41, 5.74) is 6.51. The first-order chi connectivity index (χ1) is 7.63. The molecule has 0 spiro atoms. The van der Waals surface area contributed by atoms with Crippen molar-refractivity contribution in [1.82, 2.24) is 9.55 Å². The number of nitrogen functional groups attached to an aromatic ring is 1. The fourth-order valence-corrected chi connectivity index (χ4v) is 1.49. The molecule has 1 aromatic heterocycles. The molecule has 6 nitrogen and oxygen atoms in total. The molecule has 0 atom stereocenters. The standard InChI is InChI=1S/C10H11N3O3/c1-2-16-10(15)13-8-5-6(11)3-4-7(8)12-9(13)14/h3-5H,2,11H2,1H3,(H,12,14). The lowest BCUT2D eigenvalue weighted by Crippen LogP contribution is -2.25. The van der Waals surface area contributed by atoms with Gasteiger partial charge in [0.25, 0.3) is 0 Å². The monoisotopic (exact) mass is 221 g/mol. The first-order valence-electron chi connectivity index (χ1n) is 4.81. The Balaban J connectivity index is 2.67. The molecule has 0 bridgehead atoms. The van der Waals surface area contributed by atoms with Crippen LogP contribution in [0, 0.1) is 0 Å². The second kappa shape index (κ2) is 3.73. The molecule has 0 radical (unpaired) electrons. The molecule has 6 heteroatoms. The molecular formula is C10H11N3O3. The maximum Gasteiger partial charge on any atom is 0.422 e. The van der Waals surface area contributed by atoms with Gasteiger partial charge < -0.3 is 15.5 Å². The first kappa shape index (κ1) is 10.3. The Hall–Kier alpha value is -2.24. The van der Waals surface area contributed by atoms with Gasteiger partial charge in [0.15, 0.2) is 0 Å². The van der Waals surface area contributed by atoms with Crippen LogP contribution in [0.5, 0.6) is 0 Å². The summed E-state index contributed by atoms with van der Waals surface area (Å²) in [6, 6.07) is 4.83. The number of imidazole rings is 1. The van der Waals surface area contributed by atoms with Crippen molar-refractivity contribution in [3.63, 3.8) is 0 Å². The van der Waals surface area contributed by atoms with Crippen molar-refractivity contribution >= 4 is 22.8 Å². The zero-order chi connectivity index (χ0) is 11.7. The molecule has 0 saturated carbocycles. The van der Waals surface area contributed by atoms with E-state index in [1.807, 2.05) is 0 Å². The van der Waals surface area contributed by atoms with Gasteiger partial charge in [0, 0.05) is 5.69 Å². The number of nitrogens with one attached hydrogen (secondary N) is 1. The molecule has 3 N–H and O–H groups in total. The number of hydrogen-bond acceptors (Lipinski definition) is 4. The van der Waals surface area contributed by atoms with Gasteiger partial charge in [-0.05, 0) is 25.1 Å². The van der Waals surface area contributed by atoms with Gasteiger partial charge >= 0.3 is 11.8 Å². The van der Waals surface area contributed by atoms with Crippen molar-refractivity contribution in [1.29, 1.82) is 0 Å². The topological polar surface area (TPSA) is 90.1 Å². The van der Waals surface area contributed by atoms with Gasteiger partial charge in [-0.15, -0.1) is 0 Å². The van der Waals surface area contributed by atoms with Crippen molar-refractivity contribution < 1.29 is 9.53 Å². The third-order valence-corrected chi connectivity index (χ3v) is 2.16. The zero-order valence-electron chi connectivity index (χ0n) is 8.69. The molecule has 0 unspecified atom stereocenters. The number of aromatic nitrogens is 2. The molecule has 0 amide bonds. The van der Waals surface area contributed by atoms with Gasteiger partial charge in [0.05, 0.1) is 17.6 Å². The van der Waals surface area contributed by atoms with Crippen LogP contribution in [-0.4, -0.2) is 22.3 Å². The van der Waals surface area contributed by atoms with Gasteiger partial charge in [-0.3, -0.25) is 0 Å². The van der Waals surface area contributed by atoms with Crippen LogP contribution < -0.4 is 11.4 Å². The highest BCUT2D eigenvalue weighted by Crippen LogP contribution is 2.14. The van der Waals surface area contributed by atoms with Crippen LogP contribution in [0.3, 0.4) is 0 Å². The van der Waals surface area contributed by atoms with E-state index >= 15 is 0 Å². The number of aromatic amines is 1. The predicted molar refractivity (Wildman–Crippen MR) is 59.4 cm³/mol. The number of H-pyrrole nitrogens is 1. The molecule has 16 heavy (non-hydrogen) atoms. The maximum atomic E-state index is 11.5. The van der Waals surface area contributed by atoms with E-state index in [2.05, 4.69) is 4.98 Å². The Labute approximate surface area is 90.6 Å². The lowest BCUT2D eigenvalue weighted by atomic mass is 10.3. The van der Waals surface area contributed by atoms with Gasteiger partial charge in [0.1, 0.15) is 0 Å². The highest BCUT2D eigenvalue weighted by atomic mass is 16.5. The smallest absolute Gasteiger partial charge is 0.422 e. The Morgan fingerprint density at radius 3 is 3.00 bits per heavy atom. The second-order valence-corrected chi connectivity index (χ2v) is 3.24. The van der Waals surface area contributed by atoms with Crippen LogP contribution in [0.4, 0.5) is 10.5 Å². The van der Waals surface area contributed by atoms with Crippen LogP contribution in [0.1, 0.15) is 6.92 Å². The number of nitrogens with two attached hydrogens (primary N) is 1. The molecule has 2 aromatic rings. The molecule has 84 valence electrons. The van der Waals surface area contributed by atoms with Crippen LogP contribution >= 0.6 is 0 Å². The van der Waals surface area contributed by atoms with E-state index in [1.165, 1.54) is 0 Å². The van der Waals surface area contributed by atoms with E-state index in [9.17, 15) is 9.59 Å². The van der Waals surface area contributed by atoms with E-state index in [1.54, 1.807) is 25.1 Å². The van der Waals surface area contributed by atoms with Crippen LogP contribution in [0.25, 0.3) is 11.0 Å². The molecule has 0 aliphatic carbocycles. The Bertz CT molecular complexity index is 597. The minimum absolute atomic E-state index is 0.209. The van der Waals surface area contributed by atoms with E-state index in [4.69, 9.17) is 10.5 Å². The summed E-state index contributed by atoms with van der Waals surface area (Å²) in [6.45, 7) is 1.88. The first-order valence-corrected chi connectivity index (χ1v) is 4.81. The van der Waals surface area contributed by atoms with Crippen molar-refractivity contribution in [3.8, 4) is 0 Å².